The number of hydrazine groups is 1. The van der Waals surface area contributed by atoms with Crippen LogP contribution in [0.2, 0.25) is 0 Å². The molecule has 2 heterocycles. The largest absolute Gasteiger partial charge is 0.377 e. The summed E-state index contributed by atoms with van der Waals surface area (Å²) in [6.45, 7) is 10.8. The van der Waals surface area contributed by atoms with Crippen molar-refractivity contribution in [3.05, 3.63) is 11.9 Å². The van der Waals surface area contributed by atoms with Crippen LogP contribution in [0.4, 0.5) is 11.6 Å². The molecule has 1 aliphatic rings. The first-order chi connectivity index (χ1) is 8.97. The number of ether oxygens (including phenoxy) is 1. The first-order valence-electron chi connectivity index (χ1n) is 6.64. The third kappa shape index (κ3) is 2.64. The summed E-state index contributed by atoms with van der Waals surface area (Å²) in [5.41, 5.74) is 3.65. The predicted molar refractivity (Wildman–Crippen MR) is 76.2 cm³/mol. The fraction of sp³-hybridized carbons (Fsp3) is 0.692. The van der Waals surface area contributed by atoms with Crippen molar-refractivity contribution in [2.75, 3.05) is 30.1 Å². The van der Waals surface area contributed by atoms with Crippen LogP contribution in [0.5, 0.6) is 0 Å². The zero-order chi connectivity index (χ0) is 14.0. The lowest BCUT2D eigenvalue weighted by Crippen LogP contribution is -2.54. The van der Waals surface area contributed by atoms with Gasteiger partial charge < -0.3 is 15.1 Å². The Hall–Kier alpha value is -1.40. The highest BCUT2D eigenvalue weighted by molar-refractivity contribution is 5.61. The summed E-state index contributed by atoms with van der Waals surface area (Å²) in [7, 11) is 0. The molecule has 0 spiro atoms. The number of rotatable bonds is 3. The number of nitrogens with one attached hydrogen (secondary N) is 1. The van der Waals surface area contributed by atoms with Crippen LogP contribution in [0.3, 0.4) is 0 Å². The molecule has 0 atom stereocenters. The van der Waals surface area contributed by atoms with Crippen LogP contribution in [-0.4, -0.2) is 35.3 Å². The third-order valence-electron chi connectivity index (χ3n) is 3.48. The summed E-state index contributed by atoms with van der Waals surface area (Å²) in [4.78, 5) is 11.0. The van der Waals surface area contributed by atoms with Crippen molar-refractivity contribution in [3.63, 3.8) is 0 Å². The Kier molecular flexibility index (Phi) is 3.91. The van der Waals surface area contributed by atoms with Crippen molar-refractivity contribution in [2.24, 2.45) is 5.84 Å². The molecule has 1 saturated heterocycles. The number of nitrogens with two attached hydrogens (primary N) is 1. The van der Waals surface area contributed by atoms with Crippen LogP contribution >= 0.6 is 0 Å². The molecule has 1 fully saturated rings. The lowest BCUT2D eigenvalue weighted by atomic mass is 9.98. The molecule has 106 valence electrons. The van der Waals surface area contributed by atoms with Gasteiger partial charge in [-0.25, -0.2) is 15.8 Å². The predicted octanol–water partition coefficient (Wildman–Crippen LogP) is 1.50. The molecular formula is C13H23N5O. The second-order valence-electron chi connectivity index (χ2n) is 5.78. The van der Waals surface area contributed by atoms with Gasteiger partial charge in [0.15, 0.2) is 0 Å². The van der Waals surface area contributed by atoms with E-state index in [0.717, 1.165) is 24.5 Å². The van der Waals surface area contributed by atoms with Gasteiger partial charge in [0, 0.05) is 12.1 Å². The number of hydrogen-bond acceptors (Lipinski definition) is 6. The van der Waals surface area contributed by atoms with E-state index in [9.17, 15) is 0 Å². The van der Waals surface area contributed by atoms with Gasteiger partial charge in [0.2, 0.25) is 0 Å². The van der Waals surface area contributed by atoms with E-state index < -0.39 is 0 Å². The lowest BCUT2D eigenvalue weighted by Gasteiger charge is -2.44. The summed E-state index contributed by atoms with van der Waals surface area (Å²) in [5, 5.41) is 0. The van der Waals surface area contributed by atoms with E-state index in [1.807, 2.05) is 0 Å². The molecular weight excluding hydrogens is 242 g/mol. The molecule has 0 amide bonds. The van der Waals surface area contributed by atoms with E-state index in [0.29, 0.717) is 18.3 Å². The SMILES string of the molecule is CC(C)c1c(NN)ncnc1N1CCOCC1(C)C. The van der Waals surface area contributed by atoms with Gasteiger partial charge in [-0.2, -0.15) is 0 Å². The molecule has 0 aliphatic carbocycles. The van der Waals surface area contributed by atoms with Crippen LogP contribution < -0.4 is 16.2 Å². The Balaban J connectivity index is 2.49. The van der Waals surface area contributed by atoms with E-state index in [-0.39, 0.29) is 5.54 Å². The maximum atomic E-state index is 5.57. The average molecular weight is 265 g/mol. The summed E-state index contributed by atoms with van der Waals surface area (Å²) in [6, 6.07) is 0. The molecule has 0 bridgehead atoms. The Bertz CT molecular complexity index is 447. The van der Waals surface area contributed by atoms with Gasteiger partial charge in [-0.3, -0.25) is 0 Å². The molecule has 2 rings (SSSR count). The number of hydrogen-bond donors (Lipinski definition) is 2. The van der Waals surface area contributed by atoms with E-state index in [4.69, 9.17) is 10.6 Å². The highest BCUT2D eigenvalue weighted by Gasteiger charge is 2.34. The molecule has 0 unspecified atom stereocenters. The van der Waals surface area contributed by atoms with Crippen LogP contribution in [0.15, 0.2) is 6.33 Å². The summed E-state index contributed by atoms with van der Waals surface area (Å²) >= 11 is 0. The van der Waals surface area contributed by atoms with E-state index >= 15 is 0 Å². The Morgan fingerprint density at radius 1 is 1.42 bits per heavy atom. The molecule has 19 heavy (non-hydrogen) atoms. The molecule has 0 radical (unpaired) electrons. The first kappa shape index (κ1) is 14.0. The quantitative estimate of drug-likeness (QED) is 0.637. The van der Waals surface area contributed by atoms with Crippen molar-refractivity contribution in [3.8, 4) is 0 Å². The number of nitrogen functional groups attached to an aromatic ring is 1. The monoisotopic (exact) mass is 265 g/mol. The summed E-state index contributed by atoms with van der Waals surface area (Å²) in [5.74, 6) is 7.51. The molecule has 1 aliphatic heterocycles. The van der Waals surface area contributed by atoms with Crippen molar-refractivity contribution in [1.29, 1.82) is 0 Å². The van der Waals surface area contributed by atoms with E-state index in [2.05, 4.69) is 48.0 Å². The number of anilines is 2. The van der Waals surface area contributed by atoms with E-state index in [1.54, 1.807) is 6.33 Å². The number of aromatic nitrogens is 2. The van der Waals surface area contributed by atoms with Gasteiger partial charge in [0.1, 0.15) is 18.0 Å². The smallest absolute Gasteiger partial charge is 0.148 e. The molecule has 6 nitrogen and oxygen atoms in total. The minimum absolute atomic E-state index is 0.0812. The van der Waals surface area contributed by atoms with Gasteiger partial charge >= 0.3 is 0 Å². The normalized spacial score (nSPS) is 18.7. The third-order valence-corrected chi connectivity index (χ3v) is 3.48. The fourth-order valence-electron chi connectivity index (χ4n) is 2.50. The average Bonchev–Trinajstić information content (AvgIpc) is 2.37. The molecule has 3 N–H and O–H groups in total. The molecule has 1 aromatic heterocycles. The van der Waals surface area contributed by atoms with Gasteiger partial charge in [0.25, 0.3) is 0 Å². The number of morpholine rings is 1. The standard InChI is InChI=1S/C13H23N5O/c1-9(2)10-11(17-14)15-8-16-12(10)18-5-6-19-7-13(18,3)4/h8-9H,5-7,14H2,1-4H3,(H,15,16,17). The van der Waals surface area contributed by atoms with Crippen molar-refractivity contribution >= 4 is 11.6 Å². The van der Waals surface area contributed by atoms with Crippen molar-refractivity contribution in [1.82, 2.24) is 9.97 Å². The second-order valence-corrected chi connectivity index (χ2v) is 5.78. The van der Waals surface area contributed by atoms with Crippen LogP contribution in [0.1, 0.15) is 39.2 Å². The Labute approximate surface area is 114 Å². The van der Waals surface area contributed by atoms with Gasteiger partial charge in [-0.05, 0) is 19.8 Å². The minimum Gasteiger partial charge on any atom is -0.377 e. The number of nitrogens with zero attached hydrogens (tertiary/aromatic N) is 3. The second kappa shape index (κ2) is 5.30. The summed E-state index contributed by atoms with van der Waals surface area (Å²) in [6.07, 6.45) is 1.56. The Morgan fingerprint density at radius 2 is 2.16 bits per heavy atom. The van der Waals surface area contributed by atoms with Crippen molar-refractivity contribution in [2.45, 2.75) is 39.2 Å². The maximum Gasteiger partial charge on any atom is 0.148 e. The molecule has 6 heteroatoms. The molecule has 1 aromatic rings. The van der Waals surface area contributed by atoms with Crippen LogP contribution in [-0.2, 0) is 4.74 Å². The van der Waals surface area contributed by atoms with Gasteiger partial charge in [-0.1, -0.05) is 13.8 Å². The van der Waals surface area contributed by atoms with Gasteiger partial charge in [0.05, 0.1) is 18.8 Å². The van der Waals surface area contributed by atoms with Gasteiger partial charge in [-0.15, -0.1) is 0 Å². The Morgan fingerprint density at radius 3 is 2.74 bits per heavy atom. The van der Waals surface area contributed by atoms with E-state index in [1.165, 1.54) is 0 Å². The fourth-order valence-corrected chi connectivity index (χ4v) is 2.50. The highest BCUT2D eigenvalue weighted by atomic mass is 16.5. The molecule has 0 aromatic carbocycles. The zero-order valence-corrected chi connectivity index (χ0v) is 12.1. The highest BCUT2D eigenvalue weighted by Crippen LogP contribution is 2.34. The zero-order valence-electron chi connectivity index (χ0n) is 12.1. The maximum absolute atomic E-state index is 5.57. The van der Waals surface area contributed by atoms with Crippen LogP contribution in [0.25, 0.3) is 0 Å². The van der Waals surface area contributed by atoms with Crippen LogP contribution in [0, 0.1) is 0 Å². The summed E-state index contributed by atoms with van der Waals surface area (Å²) < 4.78 is 5.57. The molecule has 0 saturated carbocycles. The first-order valence-corrected chi connectivity index (χ1v) is 6.64. The van der Waals surface area contributed by atoms with Crippen molar-refractivity contribution < 1.29 is 4.74 Å². The minimum atomic E-state index is -0.0812. The topological polar surface area (TPSA) is 76.3 Å². The lowest BCUT2D eigenvalue weighted by molar-refractivity contribution is 0.0637.